The summed E-state index contributed by atoms with van der Waals surface area (Å²) in [6, 6.07) is 11.3. The molecule has 0 spiro atoms. The van der Waals surface area contributed by atoms with Crippen molar-refractivity contribution in [1.82, 2.24) is 0 Å². The van der Waals surface area contributed by atoms with E-state index >= 15 is 0 Å². The van der Waals surface area contributed by atoms with Crippen LogP contribution in [-0.4, -0.2) is 11.7 Å². The van der Waals surface area contributed by atoms with Gasteiger partial charge in [0.15, 0.2) is 0 Å². The second-order valence-electron chi connectivity index (χ2n) is 4.35. The summed E-state index contributed by atoms with van der Waals surface area (Å²) in [5, 5.41) is 12.9. The molecule has 1 aliphatic rings. The van der Waals surface area contributed by atoms with Crippen molar-refractivity contribution in [2.45, 2.75) is 6.04 Å². The van der Waals surface area contributed by atoms with E-state index in [1.807, 2.05) is 24.3 Å². The van der Waals surface area contributed by atoms with Gasteiger partial charge in [0.1, 0.15) is 18.1 Å². The van der Waals surface area contributed by atoms with Crippen LogP contribution in [0.2, 0.25) is 0 Å². The van der Waals surface area contributed by atoms with Gasteiger partial charge in [-0.05, 0) is 46.3 Å². The van der Waals surface area contributed by atoms with Gasteiger partial charge in [-0.15, -0.1) is 0 Å². The minimum atomic E-state index is 0.0844. The van der Waals surface area contributed by atoms with Crippen molar-refractivity contribution < 1.29 is 9.84 Å². The van der Waals surface area contributed by atoms with Crippen LogP contribution in [0.3, 0.4) is 0 Å². The molecule has 2 aromatic carbocycles. The van der Waals surface area contributed by atoms with E-state index in [-0.39, 0.29) is 11.8 Å². The number of fused-ring (bicyclic) bond motifs is 1. The van der Waals surface area contributed by atoms with Crippen molar-refractivity contribution in [2.24, 2.45) is 0 Å². The molecular weight excluding hydrogens is 374 g/mol. The molecule has 2 aromatic rings. The number of phenols is 1. The SMILES string of the molecule is Oc1ccc2c(c1)OCC2Nc1cc(Br)ccc1Br. The molecule has 98 valence electrons. The van der Waals surface area contributed by atoms with Gasteiger partial charge < -0.3 is 15.2 Å². The maximum absolute atomic E-state index is 9.44. The van der Waals surface area contributed by atoms with Crippen molar-refractivity contribution in [1.29, 1.82) is 0 Å². The summed E-state index contributed by atoms with van der Waals surface area (Å²) in [5.41, 5.74) is 2.06. The lowest BCUT2D eigenvalue weighted by atomic mass is 10.1. The fourth-order valence-corrected chi connectivity index (χ4v) is 2.84. The zero-order valence-corrected chi connectivity index (χ0v) is 13.0. The summed E-state index contributed by atoms with van der Waals surface area (Å²) in [5.74, 6) is 0.964. The van der Waals surface area contributed by atoms with Crippen LogP contribution in [0.1, 0.15) is 11.6 Å². The van der Waals surface area contributed by atoms with E-state index in [0.717, 1.165) is 25.9 Å². The number of nitrogens with one attached hydrogen (secondary N) is 1. The van der Waals surface area contributed by atoms with E-state index in [1.165, 1.54) is 0 Å². The molecule has 0 bridgehead atoms. The Morgan fingerprint density at radius 2 is 2.00 bits per heavy atom. The Bertz CT molecular complexity index is 631. The summed E-state index contributed by atoms with van der Waals surface area (Å²) >= 11 is 6.99. The van der Waals surface area contributed by atoms with Gasteiger partial charge in [0.25, 0.3) is 0 Å². The zero-order valence-electron chi connectivity index (χ0n) is 9.86. The number of benzene rings is 2. The Hall–Kier alpha value is -1.20. The number of phenolic OH excluding ortho intramolecular Hbond substituents is 1. The van der Waals surface area contributed by atoms with E-state index in [1.54, 1.807) is 12.1 Å². The van der Waals surface area contributed by atoms with Crippen LogP contribution in [0.15, 0.2) is 45.3 Å². The fraction of sp³-hybridized carbons (Fsp3) is 0.143. The van der Waals surface area contributed by atoms with Crippen LogP contribution in [0.25, 0.3) is 0 Å². The quantitative estimate of drug-likeness (QED) is 0.802. The van der Waals surface area contributed by atoms with Crippen molar-refractivity contribution in [3.05, 3.63) is 50.9 Å². The van der Waals surface area contributed by atoms with Crippen LogP contribution in [0, 0.1) is 0 Å². The Labute approximate surface area is 127 Å². The lowest BCUT2D eigenvalue weighted by Gasteiger charge is -2.15. The average Bonchev–Trinajstić information content (AvgIpc) is 2.76. The number of rotatable bonds is 2. The van der Waals surface area contributed by atoms with E-state index < -0.39 is 0 Å². The molecular formula is C14H11Br2NO2. The number of hydrogen-bond donors (Lipinski definition) is 2. The summed E-state index contributed by atoms with van der Waals surface area (Å²) in [6.07, 6.45) is 0. The highest BCUT2D eigenvalue weighted by Gasteiger charge is 2.24. The third-order valence-electron chi connectivity index (χ3n) is 3.04. The molecule has 0 radical (unpaired) electrons. The van der Waals surface area contributed by atoms with E-state index in [2.05, 4.69) is 37.2 Å². The Morgan fingerprint density at radius 3 is 2.84 bits per heavy atom. The van der Waals surface area contributed by atoms with Crippen molar-refractivity contribution >= 4 is 37.5 Å². The minimum Gasteiger partial charge on any atom is -0.508 e. The molecule has 0 saturated carbocycles. The molecule has 0 saturated heterocycles. The first-order valence-corrected chi connectivity index (χ1v) is 7.39. The van der Waals surface area contributed by atoms with Crippen LogP contribution < -0.4 is 10.1 Å². The topological polar surface area (TPSA) is 41.5 Å². The van der Waals surface area contributed by atoms with Crippen LogP contribution >= 0.6 is 31.9 Å². The first kappa shape index (κ1) is 12.8. The molecule has 0 aliphatic carbocycles. The van der Waals surface area contributed by atoms with Gasteiger partial charge in [-0.1, -0.05) is 15.9 Å². The van der Waals surface area contributed by atoms with E-state index in [0.29, 0.717) is 6.61 Å². The Kier molecular flexibility index (Phi) is 3.41. The van der Waals surface area contributed by atoms with Crippen LogP contribution in [0.4, 0.5) is 5.69 Å². The van der Waals surface area contributed by atoms with Gasteiger partial charge in [0.2, 0.25) is 0 Å². The van der Waals surface area contributed by atoms with Crippen molar-refractivity contribution in [3.8, 4) is 11.5 Å². The molecule has 0 fully saturated rings. The minimum absolute atomic E-state index is 0.0844. The largest absolute Gasteiger partial charge is 0.508 e. The molecule has 1 aliphatic heterocycles. The highest BCUT2D eigenvalue weighted by molar-refractivity contribution is 9.11. The van der Waals surface area contributed by atoms with Crippen molar-refractivity contribution in [3.63, 3.8) is 0 Å². The monoisotopic (exact) mass is 383 g/mol. The van der Waals surface area contributed by atoms with Crippen LogP contribution in [0.5, 0.6) is 11.5 Å². The number of aromatic hydroxyl groups is 1. The smallest absolute Gasteiger partial charge is 0.128 e. The molecule has 1 heterocycles. The first-order valence-electron chi connectivity index (χ1n) is 5.81. The molecule has 1 unspecified atom stereocenters. The lowest BCUT2D eigenvalue weighted by molar-refractivity contribution is 0.338. The highest BCUT2D eigenvalue weighted by Crippen LogP contribution is 2.38. The Balaban J connectivity index is 1.88. The fourth-order valence-electron chi connectivity index (χ4n) is 2.11. The number of hydrogen-bond acceptors (Lipinski definition) is 3. The maximum atomic E-state index is 9.44. The number of anilines is 1. The zero-order chi connectivity index (χ0) is 13.4. The number of halogens is 2. The van der Waals surface area contributed by atoms with Gasteiger partial charge >= 0.3 is 0 Å². The van der Waals surface area contributed by atoms with Gasteiger partial charge in [0, 0.05) is 20.6 Å². The van der Waals surface area contributed by atoms with E-state index in [4.69, 9.17) is 4.74 Å². The van der Waals surface area contributed by atoms with Crippen molar-refractivity contribution in [2.75, 3.05) is 11.9 Å². The molecule has 2 N–H and O–H groups in total. The highest BCUT2D eigenvalue weighted by atomic mass is 79.9. The van der Waals surface area contributed by atoms with E-state index in [9.17, 15) is 5.11 Å². The molecule has 5 heteroatoms. The first-order chi connectivity index (χ1) is 9.13. The third-order valence-corrected chi connectivity index (χ3v) is 4.22. The molecule has 0 amide bonds. The molecule has 3 rings (SSSR count). The van der Waals surface area contributed by atoms with Gasteiger partial charge in [-0.3, -0.25) is 0 Å². The van der Waals surface area contributed by atoms with Gasteiger partial charge in [-0.2, -0.15) is 0 Å². The summed E-state index contributed by atoms with van der Waals surface area (Å²) in [7, 11) is 0. The molecule has 1 atom stereocenters. The molecule has 19 heavy (non-hydrogen) atoms. The van der Waals surface area contributed by atoms with Gasteiger partial charge in [-0.25, -0.2) is 0 Å². The predicted octanol–water partition coefficient (Wildman–Crippen LogP) is 4.46. The summed E-state index contributed by atoms with van der Waals surface area (Å²) < 4.78 is 7.60. The lowest BCUT2D eigenvalue weighted by Crippen LogP contribution is -2.12. The standard InChI is InChI=1S/C14H11Br2NO2/c15-8-1-4-11(16)12(5-8)17-13-7-19-14-6-9(18)2-3-10(13)14/h1-6,13,17-18H,7H2. The Morgan fingerprint density at radius 1 is 1.16 bits per heavy atom. The second kappa shape index (κ2) is 5.06. The molecule has 3 nitrogen and oxygen atoms in total. The normalized spacial score (nSPS) is 16.8. The second-order valence-corrected chi connectivity index (χ2v) is 6.12. The predicted molar refractivity (Wildman–Crippen MR) is 81.8 cm³/mol. The van der Waals surface area contributed by atoms with Crippen LogP contribution in [-0.2, 0) is 0 Å². The maximum Gasteiger partial charge on any atom is 0.128 e. The third kappa shape index (κ3) is 2.58. The molecule has 0 aromatic heterocycles. The number of ether oxygens (including phenoxy) is 1. The summed E-state index contributed by atoms with van der Waals surface area (Å²) in [4.78, 5) is 0. The van der Waals surface area contributed by atoms with Gasteiger partial charge in [0.05, 0.1) is 11.7 Å². The summed E-state index contributed by atoms with van der Waals surface area (Å²) in [6.45, 7) is 0.553. The average molecular weight is 385 g/mol.